The van der Waals surface area contributed by atoms with E-state index in [0.717, 1.165) is 37.1 Å². The largest absolute Gasteiger partial charge is 0.508 e. The fourth-order valence-corrected chi connectivity index (χ4v) is 2.51. The Morgan fingerprint density at radius 3 is 2.82 bits per heavy atom. The smallest absolute Gasteiger partial charge is 0.232 e. The van der Waals surface area contributed by atoms with E-state index in [1.807, 2.05) is 13.2 Å². The van der Waals surface area contributed by atoms with Crippen LogP contribution < -0.4 is 0 Å². The monoisotopic (exact) mass is 302 g/mol. The van der Waals surface area contributed by atoms with Crippen molar-refractivity contribution in [1.29, 1.82) is 0 Å². The van der Waals surface area contributed by atoms with Crippen LogP contribution in [0, 0.1) is 0 Å². The van der Waals surface area contributed by atoms with E-state index < -0.39 is 0 Å². The third-order valence-electron chi connectivity index (χ3n) is 3.60. The van der Waals surface area contributed by atoms with E-state index in [1.54, 1.807) is 24.3 Å². The summed E-state index contributed by atoms with van der Waals surface area (Å²) in [5.74, 6) is 0.208. The zero-order valence-electron chi connectivity index (χ0n) is 12.8. The highest BCUT2D eigenvalue weighted by Crippen LogP contribution is 2.18. The molecular formula is C17H22N2O3. The normalized spacial score (nSPS) is 19.3. The summed E-state index contributed by atoms with van der Waals surface area (Å²) < 4.78 is 5.74. The third-order valence-corrected chi connectivity index (χ3v) is 3.60. The molecule has 5 nitrogen and oxygen atoms in total. The summed E-state index contributed by atoms with van der Waals surface area (Å²) in [5.41, 5.74) is 1.70. The third kappa shape index (κ3) is 5.00. The van der Waals surface area contributed by atoms with Gasteiger partial charge in [0.05, 0.1) is 6.10 Å². The second-order valence-electron chi connectivity index (χ2n) is 5.44. The molecule has 1 atom stereocenters. The van der Waals surface area contributed by atoms with E-state index in [4.69, 9.17) is 4.74 Å². The van der Waals surface area contributed by atoms with E-state index in [1.165, 1.54) is 12.6 Å². The minimum absolute atomic E-state index is 0.208. The van der Waals surface area contributed by atoms with Gasteiger partial charge in [-0.15, -0.1) is 0 Å². The number of aromatic hydroxyl groups is 1. The van der Waals surface area contributed by atoms with Crippen molar-refractivity contribution in [1.82, 2.24) is 4.90 Å². The van der Waals surface area contributed by atoms with Gasteiger partial charge >= 0.3 is 0 Å². The predicted octanol–water partition coefficient (Wildman–Crippen LogP) is 2.46. The van der Waals surface area contributed by atoms with Crippen LogP contribution in [0.4, 0.5) is 0 Å². The van der Waals surface area contributed by atoms with Gasteiger partial charge in [0.2, 0.25) is 6.41 Å². The molecule has 0 aliphatic carbocycles. The summed E-state index contributed by atoms with van der Waals surface area (Å²) in [6.07, 6.45) is 7.65. The standard InChI is InChI=1S/C17H22N2O3/c1-19(12-17-4-2-3-9-22-17)11-15(10-18-13-20)14-5-7-16(21)8-6-14/h5-8,10-11,13,17,21H,2-4,9,12H2,1H3/b15-11+,18-10?. The quantitative estimate of drug-likeness (QED) is 0.648. The summed E-state index contributed by atoms with van der Waals surface area (Å²) in [4.78, 5) is 16.2. The number of ether oxygens (including phenoxy) is 1. The van der Waals surface area contributed by atoms with Crippen molar-refractivity contribution >= 4 is 18.2 Å². The molecule has 22 heavy (non-hydrogen) atoms. The Labute approximate surface area is 130 Å². The van der Waals surface area contributed by atoms with Crippen LogP contribution in [0.25, 0.3) is 5.57 Å². The Morgan fingerprint density at radius 1 is 1.41 bits per heavy atom. The number of hydrogen-bond donors (Lipinski definition) is 1. The van der Waals surface area contributed by atoms with Gasteiger partial charge in [-0.05, 0) is 37.0 Å². The van der Waals surface area contributed by atoms with Gasteiger partial charge in [0.1, 0.15) is 5.75 Å². The molecule has 1 unspecified atom stereocenters. The molecule has 1 aromatic rings. The topological polar surface area (TPSA) is 62.1 Å². The van der Waals surface area contributed by atoms with Crippen molar-refractivity contribution < 1.29 is 14.6 Å². The molecule has 1 heterocycles. The number of rotatable bonds is 6. The van der Waals surface area contributed by atoms with E-state index in [0.29, 0.717) is 6.41 Å². The summed E-state index contributed by atoms with van der Waals surface area (Å²) in [5, 5.41) is 9.38. The maximum Gasteiger partial charge on any atom is 0.232 e. The van der Waals surface area contributed by atoms with Crippen LogP contribution in [0.1, 0.15) is 24.8 Å². The number of benzene rings is 1. The van der Waals surface area contributed by atoms with Crippen LogP contribution in [0.3, 0.4) is 0 Å². The number of phenols is 1. The van der Waals surface area contributed by atoms with Crippen LogP contribution in [0.5, 0.6) is 5.75 Å². The first-order valence-corrected chi connectivity index (χ1v) is 7.49. The summed E-state index contributed by atoms with van der Waals surface area (Å²) in [6.45, 7) is 1.64. The first-order chi connectivity index (χ1) is 10.7. The van der Waals surface area contributed by atoms with Crippen molar-refractivity contribution in [2.75, 3.05) is 20.2 Å². The first-order valence-electron chi connectivity index (χ1n) is 7.49. The number of aliphatic imine (C=N–C) groups is 1. The molecule has 1 aliphatic rings. The van der Waals surface area contributed by atoms with Crippen LogP contribution in [0.2, 0.25) is 0 Å². The molecule has 0 saturated carbocycles. The van der Waals surface area contributed by atoms with Crippen molar-refractivity contribution in [2.45, 2.75) is 25.4 Å². The number of likely N-dealkylation sites (N-methyl/N-ethyl adjacent to an activating group) is 1. The molecule has 2 rings (SSSR count). The van der Waals surface area contributed by atoms with Gasteiger partial charge in [0, 0.05) is 38.2 Å². The van der Waals surface area contributed by atoms with Gasteiger partial charge in [-0.3, -0.25) is 4.79 Å². The number of amides is 1. The minimum Gasteiger partial charge on any atom is -0.508 e. The second kappa shape index (κ2) is 8.34. The van der Waals surface area contributed by atoms with E-state index in [2.05, 4.69) is 9.89 Å². The zero-order chi connectivity index (χ0) is 15.8. The predicted molar refractivity (Wildman–Crippen MR) is 86.9 cm³/mol. The number of carbonyl (C=O) groups excluding carboxylic acids is 1. The highest BCUT2D eigenvalue weighted by molar-refractivity contribution is 6.11. The molecular weight excluding hydrogens is 280 g/mol. The van der Waals surface area contributed by atoms with Crippen molar-refractivity contribution in [3.8, 4) is 5.75 Å². The Balaban J connectivity index is 2.10. The lowest BCUT2D eigenvalue weighted by atomic mass is 10.1. The van der Waals surface area contributed by atoms with Crippen molar-refractivity contribution in [3.05, 3.63) is 36.0 Å². The zero-order valence-corrected chi connectivity index (χ0v) is 12.8. The Kier molecular flexibility index (Phi) is 6.15. The maximum absolute atomic E-state index is 10.5. The molecule has 0 spiro atoms. The Morgan fingerprint density at radius 2 is 2.18 bits per heavy atom. The number of nitrogens with zero attached hydrogens (tertiary/aromatic N) is 2. The van der Waals surface area contributed by atoms with Crippen LogP contribution in [-0.4, -0.2) is 48.9 Å². The average molecular weight is 302 g/mol. The molecule has 0 bridgehead atoms. The van der Waals surface area contributed by atoms with Gasteiger partial charge < -0.3 is 14.7 Å². The van der Waals surface area contributed by atoms with Crippen LogP contribution in [0.15, 0.2) is 35.5 Å². The Hall–Kier alpha value is -2.14. The van der Waals surface area contributed by atoms with Gasteiger partial charge in [-0.25, -0.2) is 4.99 Å². The first kappa shape index (κ1) is 16.2. The average Bonchev–Trinajstić information content (AvgIpc) is 2.53. The van der Waals surface area contributed by atoms with E-state index in [9.17, 15) is 9.90 Å². The molecule has 0 radical (unpaired) electrons. The van der Waals surface area contributed by atoms with E-state index in [-0.39, 0.29) is 11.9 Å². The lowest BCUT2D eigenvalue weighted by molar-refractivity contribution is -0.106. The fraction of sp³-hybridized carbons (Fsp3) is 0.412. The molecule has 0 aromatic heterocycles. The molecule has 1 amide bonds. The summed E-state index contributed by atoms with van der Waals surface area (Å²) in [7, 11) is 1.98. The number of phenolic OH excluding ortho intramolecular Hbond substituents is 1. The molecule has 5 heteroatoms. The van der Waals surface area contributed by atoms with Crippen LogP contribution >= 0.6 is 0 Å². The minimum atomic E-state index is 0.208. The maximum atomic E-state index is 10.5. The van der Waals surface area contributed by atoms with Gasteiger partial charge in [-0.1, -0.05) is 12.1 Å². The van der Waals surface area contributed by atoms with Crippen molar-refractivity contribution in [3.63, 3.8) is 0 Å². The number of carbonyl (C=O) groups is 1. The van der Waals surface area contributed by atoms with Crippen LogP contribution in [-0.2, 0) is 9.53 Å². The fourth-order valence-electron chi connectivity index (χ4n) is 2.51. The lowest BCUT2D eigenvalue weighted by Gasteiger charge is -2.27. The summed E-state index contributed by atoms with van der Waals surface area (Å²) >= 11 is 0. The van der Waals surface area contributed by atoms with Crippen molar-refractivity contribution in [2.24, 2.45) is 4.99 Å². The highest BCUT2D eigenvalue weighted by atomic mass is 16.5. The lowest BCUT2D eigenvalue weighted by Crippen LogP contribution is -2.30. The molecule has 118 valence electrons. The molecule has 1 aliphatic heterocycles. The number of allylic oxidation sites excluding steroid dienone is 1. The molecule has 1 aromatic carbocycles. The van der Waals surface area contributed by atoms with Gasteiger partial charge in [0.15, 0.2) is 0 Å². The number of hydrogen-bond acceptors (Lipinski definition) is 4. The SMILES string of the molecule is CN(/C=C(\C=NC=O)c1ccc(O)cc1)CC1CCCCO1. The van der Waals surface area contributed by atoms with Gasteiger partial charge in [0.25, 0.3) is 0 Å². The second-order valence-corrected chi connectivity index (χ2v) is 5.44. The molecule has 1 N–H and O–H groups in total. The van der Waals surface area contributed by atoms with Gasteiger partial charge in [-0.2, -0.15) is 0 Å². The molecule has 1 saturated heterocycles. The highest BCUT2D eigenvalue weighted by Gasteiger charge is 2.15. The molecule has 1 fully saturated rings. The Bertz CT molecular complexity index is 531. The van der Waals surface area contributed by atoms with E-state index >= 15 is 0 Å². The summed E-state index contributed by atoms with van der Waals surface area (Å²) in [6, 6.07) is 6.82.